The number of aliphatic hydroxyl groups excluding tert-OH is 1. The van der Waals surface area contributed by atoms with E-state index in [0.717, 1.165) is 35.1 Å². The molecule has 12 heteroatoms. The molecule has 0 saturated heterocycles. The minimum Gasteiger partial charge on any atom is -0.453 e. The van der Waals surface area contributed by atoms with Crippen LogP contribution in [0.25, 0.3) is 22.5 Å². The van der Waals surface area contributed by atoms with Gasteiger partial charge in [0.05, 0.1) is 11.8 Å². The monoisotopic (exact) mass is 558 g/mol. The Morgan fingerprint density at radius 1 is 1.12 bits per heavy atom. The van der Waals surface area contributed by atoms with Crippen LogP contribution in [0.1, 0.15) is 71.9 Å². The fraction of sp³-hybridized carbons (Fsp3) is 0.310. The number of imidazole rings is 1. The summed E-state index contributed by atoms with van der Waals surface area (Å²) in [4.78, 5) is 29.0. The average Bonchev–Trinajstić information content (AvgIpc) is 3.70. The van der Waals surface area contributed by atoms with E-state index in [0.29, 0.717) is 30.3 Å². The number of hydrogen-bond donors (Lipinski definition) is 2. The number of hydrogen-bond acceptors (Lipinski definition) is 10. The number of benzene rings is 2. The molecule has 1 atom stereocenters. The topological polar surface area (TPSA) is 162 Å². The van der Waals surface area contributed by atoms with Gasteiger partial charge in [0.15, 0.2) is 23.8 Å². The molecule has 41 heavy (non-hydrogen) atoms. The van der Waals surface area contributed by atoms with E-state index in [-0.39, 0.29) is 23.8 Å². The molecule has 3 heterocycles. The first-order valence-corrected chi connectivity index (χ1v) is 13.3. The second-order valence-electron chi connectivity index (χ2n) is 9.62. The number of tetrazole rings is 1. The zero-order valence-corrected chi connectivity index (χ0v) is 23.0. The Labute approximate surface area is 235 Å². The minimum absolute atomic E-state index is 0.0280. The highest BCUT2D eigenvalue weighted by molar-refractivity contribution is 5.89. The van der Waals surface area contributed by atoms with Gasteiger partial charge in [0, 0.05) is 18.5 Å². The van der Waals surface area contributed by atoms with Crippen molar-refractivity contribution in [3.8, 4) is 22.5 Å². The molecule has 0 aliphatic heterocycles. The van der Waals surface area contributed by atoms with Crippen LogP contribution in [0, 0.1) is 6.92 Å². The number of carbonyl (C=O) groups is 1. The van der Waals surface area contributed by atoms with Crippen LogP contribution in [-0.4, -0.2) is 41.3 Å². The number of H-pyrrole nitrogens is 1. The summed E-state index contributed by atoms with van der Waals surface area (Å²) in [5.74, 6) is -0.0608. The number of aliphatic hydroxyl groups is 1. The van der Waals surface area contributed by atoms with E-state index in [1.165, 1.54) is 0 Å². The SMILES string of the molecule is CCCCc1nc(C(=O)OCc2oc(=O)oc2C)c(C(C)O)n1Cc1ccc(-c2ccccc2-c2nn[nH]n2)cc1. The molecule has 212 valence electrons. The zero-order valence-electron chi connectivity index (χ0n) is 23.0. The number of aryl methyl sites for hydroxylation is 2. The predicted molar refractivity (Wildman–Crippen MR) is 147 cm³/mol. The molecule has 0 amide bonds. The fourth-order valence-electron chi connectivity index (χ4n) is 4.67. The lowest BCUT2D eigenvalue weighted by Gasteiger charge is -2.15. The van der Waals surface area contributed by atoms with Gasteiger partial charge in [-0.05, 0) is 42.2 Å². The molecule has 0 saturated carbocycles. The van der Waals surface area contributed by atoms with Crippen LogP contribution < -0.4 is 5.82 Å². The molecule has 5 aromatic rings. The Morgan fingerprint density at radius 2 is 1.88 bits per heavy atom. The largest absolute Gasteiger partial charge is 0.519 e. The first kappa shape index (κ1) is 27.7. The normalized spacial score (nSPS) is 12.0. The Hall–Kier alpha value is -4.84. The number of unbranched alkanes of at least 4 members (excludes halogenated alkanes) is 1. The second-order valence-corrected chi connectivity index (χ2v) is 9.62. The molecule has 3 aromatic heterocycles. The number of aromatic nitrogens is 6. The van der Waals surface area contributed by atoms with E-state index in [2.05, 4.69) is 32.5 Å². The number of carbonyl (C=O) groups excluding carboxylic acids is 1. The van der Waals surface area contributed by atoms with Gasteiger partial charge in [0.25, 0.3) is 0 Å². The standard InChI is InChI=1S/C29H30N6O6/c1-4-5-10-24-30-25(28(37)39-16-23-18(3)40-29(38)41-23)26(17(2)36)35(24)15-19-11-13-20(14-12-19)21-8-6-7-9-22(21)27-31-33-34-32-27/h6-9,11-14,17,36H,4-5,10,15-16H2,1-3H3,(H,31,32,33,34). The molecular formula is C29H30N6O6. The maximum Gasteiger partial charge on any atom is 0.519 e. The lowest BCUT2D eigenvalue weighted by molar-refractivity contribution is 0.0429. The zero-order chi connectivity index (χ0) is 28.9. The summed E-state index contributed by atoms with van der Waals surface area (Å²) in [5.41, 5.74) is 4.14. The van der Waals surface area contributed by atoms with Gasteiger partial charge in [0.2, 0.25) is 5.82 Å². The highest BCUT2D eigenvalue weighted by atomic mass is 16.6. The highest BCUT2D eigenvalue weighted by Gasteiger charge is 2.27. The van der Waals surface area contributed by atoms with Gasteiger partial charge in [-0.15, -0.1) is 10.2 Å². The summed E-state index contributed by atoms with van der Waals surface area (Å²) in [6.07, 6.45) is 1.42. The molecular weight excluding hydrogens is 528 g/mol. The van der Waals surface area contributed by atoms with Gasteiger partial charge >= 0.3 is 11.8 Å². The van der Waals surface area contributed by atoms with Crippen molar-refractivity contribution in [3.05, 3.63) is 93.4 Å². The van der Waals surface area contributed by atoms with Crippen molar-refractivity contribution in [3.63, 3.8) is 0 Å². The van der Waals surface area contributed by atoms with Crippen molar-refractivity contribution in [2.24, 2.45) is 0 Å². The summed E-state index contributed by atoms with van der Waals surface area (Å²) in [7, 11) is 0. The lowest BCUT2D eigenvalue weighted by Crippen LogP contribution is -2.14. The third-order valence-electron chi connectivity index (χ3n) is 6.72. The molecule has 1 unspecified atom stereocenters. The summed E-state index contributed by atoms with van der Waals surface area (Å²) in [5, 5.41) is 25.1. The number of ether oxygens (including phenoxy) is 1. The molecule has 2 N–H and O–H groups in total. The summed E-state index contributed by atoms with van der Waals surface area (Å²) in [6.45, 7) is 5.30. The van der Waals surface area contributed by atoms with Crippen molar-refractivity contribution >= 4 is 5.97 Å². The van der Waals surface area contributed by atoms with Crippen LogP contribution in [0.4, 0.5) is 0 Å². The average molecular weight is 559 g/mol. The molecule has 12 nitrogen and oxygen atoms in total. The quantitative estimate of drug-likeness (QED) is 0.222. The Kier molecular flexibility index (Phi) is 8.20. The van der Waals surface area contributed by atoms with E-state index < -0.39 is 17.9 Å². The number of aromatic amines is 1. The second kappa shape index (κ2) is 12.1. The fourth-order valence-corrected chi connectivity index (χ4v) is 4.67. The van der Waals surface area contributed by atoms with E-state index in [9.17, 15) is 14.7 Å². The van der Waals surface area contributed by atoms with Crippen molar-refractivity contribution in [1.29, 1.82) is 0 Å². The molecule has 0 bridgehead atoms. The first-order valence-electron chi connectivity index (χ1n) is 13.3. The van der Waals surface area contributed by atoms with Gasteiger partial charge in [-0.1, -0.05) is 61.9 Å². The number of esters is 1. The summed E-state index contributed by atoms with van der Waals surface area (Å²) in [6, 6.07) is 15.8. The van der Waals surface area contributed by atoms with Gasteiger partial charge < -0.3 is 23.2 Å². The van der Waals surface area contributed by atoms with Gasteiger partial charge in [-0.2, -0.15) is 5.21 Å². The number of nitrogens with zero attached hydrogens (tertiary/aromatic N) is 5. The highest BCUT2D eigenvalue weighted by Crippen LogP contribution is 2.30. The third kappa shape index (κ3) is 6.02. The van der Waals surface area contributed by atoms with Crippen molar-refractivity contribution in [1.82, 2.24) is 30.2 Å². The third-order valence-corrected chi connectivity index (χ3v) is 6.72. The van der Waals surface area contributed by atoms with Crippen LogP contribution in [-0.2, 0) is 24.3 Å². The summed E-state index contributed by atoms with van der Waals surface area (Å²) < 4.78 is 17.0. The Balaban J connectivity index is 1.43. The number of nitrogens with one attached hydrogen (secondary N) is 1. The molecule has 0 spiro atoms. The molecule has 2 aromatic carbocycles. The van der Waals surface area contributed by atoms with Gasteiger partial charge in [-0.25, -0.2) is 14.6 Å². The molecule has 0 radical (unpaired) electrons. The van der Waals surface area contributed by atoms with Crippen LogP contribution in [0.15, 0.2) is 62.2 Å². The van der Waals surface area contributed by atoms with Crippen LogP contribution >= 0.6 is 0 Å². The Bertz CT molecular complexity index is 1680. The van der Waals surface area contributed by atoms with E-state index >= 15 is 0 Å². The predicted octanol–water partition coefficient (Wildman–Crippen LogP) is 4.39. The smallest absolute Gasteiger partial charge is 0.453 e. The van der Waals surface area contributed by atoms with E-state index in [1.807, 2.05) is 53.1 Å². The molecule has 0 aliphatic rings. The first-order chi connectivity index (χ1) is 19.9. The van der Waals surface area contributed by atoms with Crippen LogP contribution in [0.3, 0.4) is 0 Å². The maximum atomic E-state index is 13.1. The summed E-state index contributed by atoms with van der Waals surface area (Å²) >= 11 is 0. The molecule has 0 fully saturated rings. The van der Waals surface area contributed by atoms with Gasteiger partial charge in [0.1, 0.15) is 5.82 Å². The van der Waals surface area contributed by atoms with Crippen LogP contribution in [0.2, 0.25) is 0 Å². The van der Waals surface area contributed by atoms with Crippen molar-refractivity contribution in [2.45, 2.75) is 59.3 Å². The van der Waals surface area contributed by atoms with Crippen molar-refractivity contribution < 1.29 is 23.5 Å². The van der Waals surface area contributed by atoms with E-state index in [1.54, 1.807) is 13.8 Å². The number of rotatable bonds is 11. The van der Waals surface area contributed by atoms with E-state index in [4.69, 9.17) is 13.6 Å². The van der Waals surface area contributed by atoms with Gasteiger partial charge in [-0.3, -0.25) is 0 Å². The molecule has 5 rings (SSSR count). The lowest BCUT2D eigenvalue weighted by atomic mass is 9.98. The van der Waals surface area contributed by atoms with Crippen molar-refractivity contribution in [2.75, 3.05) is 0 Å². The maximum absolute atomic E-state index is 13.1. The minimum atomic E-state index is -0.991. The Morgan fingerprint density at radius 3 is 2.51 bits per heavy atom. The molecule has 0 aliphatic carbocycles. The van der Waals surface area contributed by atoms with Crippen LogP contribution in [0.5, 0.6) is 0 Å².